The fraction of sp³-hybridized carbons (Fsp3) is 0.0476. The molecule has 0 spiro atoms. The number of ether oxygens (including phenoxy) is 1. The highest BCUT2D eigenvalue weighted by molar-refractivity contribution is 6.31. The number of rotatable bonds is 4. The van der Waals surface area contributed by atoms with Crippen molar-refractivity contribution < 1.29 is 9.13 Å². The number of hydrogen-bond donors (Lipinski definition) is 1. The number of fused-ring (bicyclic) bond motifs is 1. The molecule has 0 radical (unpaired) electrons. The maximum absolute atomic E-state index is 14.3. The molecule has 134 valence electrons. The molecular weight excluding hydrogens is 365 g/mol. The van der Waals surface area contributed by atoms with Gasteiger partial charge in [-0.25, -0.2) is 14.4 Å². The van der Waals surface area contributed by atoms with Gasteiger partial charge in [-0.05, 0) is 42.5 Å². The van der Waals surface area contributed by atoms with Crippen molar-refractivity contribution in [1.29, 1.82) is 0 Å². The van der Waals surface area contributed by atoms with Gasteiger partial charge in [-0.3, -0.25) is 0 Å². The molecule has 0 saturated carbocycles. The minimum atomic E-state index is -0.376. The van der Waals surface area contributed by atoms with E-state index in [4.69, 9.17) is 16.3 Å². The molecule has 27 heavy (non-hydrogen) atoms. The Kier molecular flexibility index (Phi) is 4.60. The van der Waals surface area contributed by atoms with Crippen LogP contribution in [0.3, 0.4) is 0 Å². The van der Waals surface area contributed by atoms with Gasteiger partial charge in [0.2, 0.25) is 0 Å². The van der Waals surface area contributed by atoms with E-state index >= 15 is 0 Å². The maximum atomic E-state index is 14.3. The molecule has 4 aromatic rings. The molecule has 0 fully saturated rings. The minimum Gasteiger partial charge on any atom is -0.495 e. The molecule has 4 rings (SSSR count). The number of hydrogen-bond acceptors (Lipinski definition) is 4. The average Bonchev–Trinajstić information content (AvgIpc) is 2.68. The molecule has 1 aromatic heterocycles. The lowest BCUT2D eigenvalue weighted by Gasteiger charge is -2.14. The van der Waals surface area contributed by atoms with E-state index in [0.717, 1.165) is 5.39 Å². The summed E-state index contributed by atoms with van der Waals surface area (Å²) in [6, 6.07) is 19.2. The summed E-state index contributed by atoms with van der Waals surface area (Å²) < 4.78 is 19.7. The highest BCUT2D eigenvalue weighted by atomic mass is 35.5. The van der Waals surface area contributed by atoms with Crippen LogP contribution in [0, 0.1) is 5.82 Å². The summed E-state index contributed by atoms with van der Waals surface area (Å²) in [5.41, 5.74) is 1.70. The van der Waals surface area contributed by atoms with Crippen LogP contribution in [-0.4, -0.2) is 17.1 Å². The highest BCUT2D eigenvalue weighted by Crippen LogP contribution is 2.33. The number of para-hydroxylation sites is 1. The third-order valence-electron chi connectivity index (χ3n) is 4.13. The maximum Gasteiger partial charge on any atom is 0.165 e. The predicted molar refractivity (Wildman–Crippen MR) is 106 cm³/mol. The number of nitrogens with zero attached hydrogens (tertiary/aromatic N) is 2. The molecule has 1 heterocycles. The van der Waals surface area contributed by atoms with Gasteiger partial charge in [0, 0.05) is 10.4 Å². The Labute approximate surface area is 160 Å². The zero-order valence-electron chi connectivity index (χ0n) is 14.4. The van der Waals surface area contributed by atoms with E-state index in [1.807, 2.05) is 24.3 Å². The third kappa shape index (κ3) is 3.41. The first-order valence-electron chi connectivity index (χ1n) is 8.28. The van der Waals surface area contributed by atoms with Crippen LogP contribution in [0.1, 0.15) is 0 Å². The number of halogens is 2. The smallest absolute Gasteiger partial charge is 0.165 e. The van der Waals surface area contributed by atoms with Crippen molar-refractivity contribution in [2.75, 3.05) is 12.4 Å². The van der Waals surface area contributed by atoms with E-state index in [1.165, 1.54) is 6.07 Å². The standard InChI is InChI=1S/C21H15ClFN3O/c1-27-19-11-10-13(22)12-18(19)25-21-15-7-3-5-9-17(15)24-20(26-21)14-6-2-4-8-16(14)23/h2-12H,1H3,(H,24,25,26). The second-order valence-electron chi connectivity index (χ2n) is 5.86. The van der Waals surface area contributed by atoms with Crippen LogP contribution in [0.4, 0.5) is 15.9 Å². The van der Waals surface area contributed by atoms with Crippen LogP contribution in [0.25, 0.3) is 22.3 Å². The van der Waals surface area contributed by atoms with Crippen molar-refractivity contribution in [2.45, 2.75) is 0 Å². The molecule has 0 bridgehead atoms. The van der Waals surface area contributed by atoms with Crippen molar-refractivity contribution in [3.05, 3.63) is 77.6 Å². The second kappa shape index (κ2) is 7.21. The van der Waals surface area contributed by atoms with E-state index in [1.54, 1.807) is 43.5 Å². The molecule has 3 aromatic carbocycles. The summed E-state index contributed by atoms with van der Waals surface area (Å²) in [7, 11) is 1.58. The molecular formula is C21H15ClFN3O. The van der Waals surface area contributed by atoms with Crippen LogP contribution in [0.15, 0.2) is 66.7 Å². The van der Waals surface area contributed by atoms with Crippen molar-refractivity contribution in [2.24, 2.45) is 0 Å². The van der Waals surface area contributed by atoms with E-state index < -0.39 is 0 Å². The molecule has 0 saturated heterocycles. The Morgan fingerprint density at radius 1 is 0.963 bits per heavy atom. The summed E-state index contributed by atoms with van der Waals surface area (Å²) in [5.74, 6) is 1.09. The first-order chi connectivity index (χ1) is 13.2. The number of methoxy groups -OCH3 is 1. The van der Waals surface area contributed by atoms with E-state index in [0.29, 0.717) is 39.2 Å². The largest absolute Gasteiger partial charge is 0.495 e. The average molecular weight is 380 g/mol. The first kappa shape index (κ1) is 17.2. The summed E-state index contributed by atoms with van der Waals surface area (Å²) in [4.78, 5) is 9.09. The van der Waals surface area contributed by atoms with E-state index in [2.05, 4.69) is 15.3 Å². The summed E-state index contributed by atoms with van der Waals surface area (Å²) in [6.07, 6.45) is 0. The molecule has 0 aliphatic rings. The monoisotopic (exact) mass is 379 g/mol. The SMILES string of the molecule is COc1ccc(Cl)cc1Nc1nc(-c2ccccc2F)nc2ccccc12. The Balaban J connectivity index is 1.90. The quantitative estimate of drug-likeness (QED) is 0.483. The Morgan fingerprint density at radius 2 is 1.74 bits per heavy atom. The predicted octanol–water partition coefficient (Wildman–Crippen LogP) is 5.84. The number of benzene rings is 3. The first-order valence-corrected chi connectivity index (χ1v) is 8.66. The van der Waals surface area contributed by atoms with Crippen molar-refractivity contribution in [3.8, 4) is 17.1 Å². The van der Waals surface area contributed by atoms with Gasteiger partial charge in [-0.1, -0.05) is 35.9 Å². The topological polar surface area (TPSA) is 47.0 Å². The van der Waals surface area contributed by atoms with Gasteiger partial charge in [-0.2, -0.15) is 0 Å². The van der Waals surface area contributed by atoms with E-state index in [-0.39, 0.29) is 5.82 Å². The van der Waals surface area contributed by atoms with Gasteiger partial charge in [-0.15, -0.1) is 0 Å². The Hall–Kier alpha value is -3.18. The lowest BCUT2D eigenvalue weighted by molar-refractivity contribution is 0.417. The Bertz CT molecular complexity index is 1130. The number of nitrogens with one attached hydrogen (secondary N) is 1. The Morgan fingerprint density at radius 3 is 2.56 bits per heavy atom. The van der Waals surface area contributed by atoms with Crippen molar-refractivity contribution in [1.82, 2.24) is 9.97 Å². The number of anilines is 2. The number of aromatic nitrogens is 2. The van der Waals surface area contributed by atoms with Gasteiger partial charge in [0.1, 0.15) is 17.4 Å². The van der Waals surface area contributed by atoms with Crippen LogP contribution >= 0.6 is 11.6 Å². The van der Waals surface area contributed by atoms with Crippen LogP contribution in [0.2, 0.25) is 5.02 Å². The van der Waals surface area contributed by atoms with Gasteiger partial charge in [0.25, 0.3) is 0 Å². The van der Waals surface area contributed by atoms with Crippen LogP contribution in [-0.2, 0) is 0 Å². The van der Waals surface area contributed by atoms with Gasteiger partial charge < -0.3 is 10.1 Å². The van der Waals surface area contributed by atoms with Crippen molar-refractivity contribution >= 4 is 34.0 Å². The zero-order valence-corrected chi connectivity index (χ0v) is 15.2. The molecule has 0 unspecified atom stereocenters. The molecule has 6 heteroatoms. The summed E-state index contributed by atoms with van der Waals surface area (Å²) in [6.45, 7) is 0. The van der Waals surface area contributed by atoms with Gasteiger partial charge in [0.05, 0.1) is 23.9 Å². The normalized spacial score (nSPS) is 10.8. The van der Waals surface area contributed by atoms with Crippen molar-refractivity contribution in [3.63, 3.8) is 0 Å². The third-order valence-corrected chi connectivity index (χ3v) is 4.37. The van der Waals surface area contributed by atoms with Crippen LogP contribution in [0.5, 0.6) is 5.75 Å². The lowest BCUT2D eigenvalue weighted by Crippen LogP contribution is -2.01. The fourth-order valence-electron chi connectivity index (χ4n) is 2.84. The zero-order chi connectivity index (χ0) is 18.8. The summed E-state index contributed by atoms with van der Waals surface area (Å²) >= 11 is 6.13. The highest BCUT2D eigenvalue weighted by Gasteiger charge is 2.14. The second-order valence-corrected chi connectivity index (χ2v) is 6.30. The molecule has 1 N–H and O–H groups in total. The molecule has 0 amide bonds. The lowest BCUT2D eigenvalue weighted by atomic mass is 10.1. The fourth-order valence-corrected chi connectivity index (χ4v) is 3.01. The van der Waals surface area contributed by atoms with E-state index in [9.17, 15) is 4.39 Å². The van der Waals surface area contributed by atoms with Crippen LogP contribution < -0.4 is 10.1 Å². The molecule has 4 nitrogen and oxygen atoms in total. The van der Waals surface area contributed by atoms with Gasteiger partial charge in [0.15, 0.2) is 5.82 Å². The minimum absolute atomic E-state index is 0.301. The molecule has 0 aliphatic heterocycles. The molecule has 0 atom stereocenters. The molecule has 0 aliphatic carbocycles. The summed E-state index contributed by atoms with van der Waals surface area (Å²) in [5, 5.41) is 4.62. The van der Waals surface area contributed by atoms with Gasteiger partial charge >= 0.3 is 0 Å².